The Labute approximate surface area is 186 Å². The maximum Gasteiger partial charge on any atom is 0.159 e. The highest BCUT2D eigenvalue weighted by Gasteiger charge is 2.29. The smallest absolute Gasteiger partial charge is 0.159 e. The van der Waals surface area contributed by atoms with E-state index in [2.05, 4.69) is 37.3 Å². The number of nitrogens with zero attached hydrogens (tertiary/aromatic N) is 6. The van der Waals surface area contributed by atoms with Crippen molar-refractivity contribution in [2.45, 2.75) is 45.2 Å². The summed E-state index contributed by atoms with van der Waals surface area (Å²) in [4.78, 5) is 13.8. The van der Waals surface area contributed by atoms with Gasteiger partial charge in [0.05, 0.1) is 5.56 Å². The highest BCUT2D eigenvalue weighted by molar-refractivity contribution is 5.92. The third kappa shape index (κ3) is 3.61. The molecule has 1 fully saturated rings. The normalized spacial score (nSPS) is 19.2. The maximum absolute atomic E-state index is 13.5. The fourth-order valence-electron chi connectivity index (χ4n) is 5.11. The number of fused-ring (bicyclic) bond motifs is 3. The van der Waals surface area contributed by atoms with Gasteiger partial charge in [-0.2, -0.15) is 5.26 Å². The third-order valence-electron chi connectivity index (χ3n) is 6.82. The van der Waals surface area contributed by atoms with E-state index in [1.807, 2.05) is 0 Å². The van der Waals surface area contributed by atoms with Crippen molar-refractivity contribution in [3.63, 3.8) is 0 Å². The average molecular weight is 437 g/mol. The molecule has 6 nitrogen and oxygen atoms in total. The first-order valence-electron chi connectivity index (χ1n) is 11.3. The molecule has 2 aliphatic heterocycles. The molecule has 32 heavy (non-hydrogen) atoms. The van der Waals surface area contributed by atoms with Crippen molar-refractivity contribution >= 4 is 16.9 Å². The number of aryl methyl sites for hydroxylation is 1. The second-order valence-electron chi connectivity index (χ2n) is 8.77. The molecule has 0 amide bonds. The van der Waals surface area contributed by atoms with Crippen LogP contribution in [0, 0.1) is 23.0 Å². The molecule has 2 aromatic heterocycles. The number of benzene rings is 1. The van der Waals surface area contributed by atoms with Crippen molar-refractivity contribution in [1.29, 1.82) is 5.26 Å². The molecule has 1 atom stereocenters. The van der Waals surface area contributed by atoms with Crippen molar-refractivity contribution in [3.8, 4) is 6.07 Å². The highest BCUT2D eigenvalue weighted by Crippen LogP contribution is 2.34. The molecule has 1 aromatic carbocycles. The van der Waals surface area contributed by atoms with Crippen molar-refractivity contribution in [2.75, 3.05) is 31.1 Å². The van der Waals surface area contributed by atoms with Crippen molar-refractivity contribution in [3.05, 3.63) is 53.0 Å². The Morgan fingerprint density at radius 2 is 2.00 bits per heavy atom. The lowest BCUT2D eigenvalue weighted by molar-refractivity contribution is 0.191. The van der Waals surface area contributed by atoms with Gasteiger partial charge >= 0.3 is 0 Å². The minimum Gasteiger partial charge on any atom is -0.352 e. The van der Waals surface area contributed by atoms with Gasteiger partial charge in [-0.15, -0.1) is 0 Å². The second-order valence-corrected chi connectivity index (χ2v) is 8.77. The summed E-state index contributed by atoms with van der Waals surface area (Å²) in [6.45, 7) is 6.36. The van der Waals surface area contributed by atoms with Gasteiger partial charge in [0.1, 0.15) is 23.4 Å². The lowest BCUT2D eigenvalue weighted by atomic mass is 10.1. The molecule has 2 aliphatic rings. The Morgan fingerprint density at radius 3 is 2.78 bits per heavy atom. The molecule has 1 unspecified atom stereocenters. The van der Waals surface area contributed by atoms with Crippen LogP contribution >= 0.6 is 0 Å². The van der Waals surface area contributed by atoms with Gasteiger partial charge < -0.3 is 9.47 Å². The first kappa shape index (κ1) is 20.8. The average Bonchev–Trinajstić information content (AvgIpc) is 3.14. The molecule has 8 heteroatoms. The predicted octanol–water partition coefficient (Wildman–Crippen LogP) is 3.67. The Hall–Kier alpha value is -3.05. The lowest BCUT2D eigenvalue weighted by Crippen LogP contribution is -2.52. The summed E-state index contributed by atoms with van der Waals surface area (Å²) in [6, 6.07) is 6.79. The molecule has 166 valence electrons. The number of rotatable bonds is 4. The Kier molecular flexibility index (Phi) is 5.51. The summed E-state index contributed by atoms with van der Waals surface area (Å²) in [5.74, 6) is -0.689. The van der Waals surface area contributed by atoms with Gasteiger partial charge in [0.2, 0.25) is 0 Å². The van der Waals surface area contributed by atoms with Gasteiger partial charge in [0, 0.05) is 44.5 Å². The molecule has 5 rings (SSSR count). The number of nitriles is 1. The van der Waals surface area contributed by atoms with Crippen LogP contribution in [0.1, 0.15) is 36.6 Å². The number of hydrogen-bond acceptors (Lipinski definition) is 5. The van der Waals surface area contributed by atoms with Gasteiger partial charge in [0.25, 0.3) is 0 Å². The van der Waals surface area contributed by atoms with Crippen LogP contribution in [-0.4, -0.2) is 51.7 Å². The van der Waals surface area contributed by atoms with Crippen molar-refractivity contribution in [2.24, 2.45) is 0 Å². The van der Waals surface area contributed by atoms with Gasteiger partial charge in [-0.05, 0) is 50.3 Å². The minimum atomic E-state index is -0.806. The zero-order valence-electron chi connectivity index (χ0n) is 18.2. The molecule has 3 aromatic rings. The molecule has 0 N–H and O–H groups in total. The number of hydrogen-bond donors (Lipinski definition) is 0. The van der Waals surface area contributed by atoms with E-state index < -0.39 is 11.6 Å². The number of halogens is 2. The molecular weight excluding hydrogens is 410 g/mol. The van der Waals surface area contributed by atoms with Gasteiger partial charge in [-0.3, -0.25) is 4.90 Å². The Morgan fingerprint density at radius 1 is 1.12 bits per heavy atom. The van der Waals surface area contributed by atoms with Crippen LogP contribution in [0.25, 0.3) is 11.0 Å². The maximum atomic E-state index is 13.5. The quantitative estimate of drug-likeness (QED) is 0.625. The summed E-state index contributed by atoms with van der Waals surface area (Å²) in [5, 5.41) is 9.76. The summed E-state index contributed by atoms with van der Waals surface area (Å²) >= 11 is 0. The first-order valence-corrected chi connectivity index (χ1v) is 11.3. The van der Waals surface area contributed by atoms with Crippen LogP contribution in [-0.2, 0) is 19.4 Å². The predicted molar refractivity (Wildman–Crippen MR) is 118 cm³/mol. The number of anilines is 1. The van der Waals surface area contributed by atoms with Crippen LogP contribution in [0.4, 0.5) is 14.6 Å². The zero-order valence-corrected chi connectivity index (χ0v) is 18.2. The summed E-state index contributed by atoms with van der Waals surface area (Å²) in [5.41, 5.74) is 4.35. The van der Waals surface area contributed by atoms with Crippen molar-refractivity contribution < 1.29 is 8.78 Å². The summed E-state index contributed by atoms with van der Waals surface area (Å²) < 4.78 is 28.9. The molecule has 0 bridgehead atoms. The monoisotopic (exact) mass is 436 g/mol. The molecule has 0 radical (unpaired) electrons. The van der Waals surface area contributed by atoms with E-state index in [-0.39, 0.29) is 6.04 Å². The van der Waals surface area contributed by atoms with Crippen LogP contribution < -0.4 is 4.90 Å². The zero-order chi connectivity index (χ0) is 22.2. The SMILES string of the molecule is CC1CN(c2ncnc3c(C#N)c4n(c23)CCCC4)CCN1CCc1ccc(F)c(F)c1. The van der Waals surface area contributed by atoms with E-state index in [0.29, 0.717) is 12.0 Å². The molecule has 0 saturated carbocycles. The molecule has 4 heterocycles. The Bertz CT molecular complexity index is 1200. The highest BCUT2D eigenvalue weighted by atomic mass is 19.2. The van der Waals surface area contributed by atoms with Crippen LogP contribution in [0.5, 0.6) is 0 Å². The molecule has 0 aliphatic carbocycles. The molecule has 0 spiro atoms. The summed E-state index contributed by atoms with van der Waals surface area (Å²) in [6.07, 6.45) is 5.36. The Balaban J connectivity index is 1.35. The third-order valence-corrected chi connectivity index (χ3v) is 6.82. The number of piperazine rings is 1. The van der Waals surface area contributed by atoms with E-state index in [9.17, 15) is 14.0 Å². The van der Waals surface area contributed by atoms with E-state index in [0.717, 1.165) is 80.1 Å². The molecule has 1 saturated heterocycles. The van der Waals surface area contributed by atoms with E-state index in [1.165, 1.54) is 12.1 Å². The standard InChI is InChI=1S/C24H26F2N6/c1-16-14-31(11-10-30(16)9-7-17-5-6-19(25)20(26)12-17)24-23-22(28-15-29-24)18(13-27)21-4-2-3-8-32(21)23/h5-6,12,15-16H,2-4,7-11,14H2,1H3. The fraction of sp³-hybridized carbons (Fsp3) is 0.458. The topological polar surface area (TPSA) is 61.0 Å². The first-order chi connectivity index (χ1) is 15.6. The van der Waals surface area contributed by atoms with Gasteiger partial charge in [-0.1, -0.05) is 6.07 Å². The fourth-order valence-corrected chi connectivity index (χ4v) is 5.11. The van der Waals surface area contributed by atoms with Gasteiger partial charge in [0.15, 0.2) is 17.5 Å². The van der Waals surface area contributed by atoms with Crippen LogP contribution in [0.15, 0.2) is 24.5 Å². The number of aromatic nitrogens is 3. The summed E-state index contributed by atoms with van der Waals surface area (Å²) in [7, 11) is 0. The lowest BCUT2D eigenvalue weighted by Gasteiger charge is -2.40. The van der Waals surface area contributed by atoms with E-state index in [4.69, 9.17) is 0 Å². The van der Waals surface area contributed by atoms with E-state index >= 15 is 0 Å². The molecular formula is C24H26F2N6. The van der Waals surface area contributed by atoms with Gasteiger partial charge in [-0.25, -0.2) is 18.7 Å². The van der Waals surface area contributed by atoms with Crippen molar-refractivity contribution in [1.82, 2.24) is 19.4 Å². The second kappa shape index (κ2) is 8.47. The van der Waals surface area contributed by atoms with Crippen LogP contribution in [0.3, 0.4) is 0 Å². The largest absolute Gasteiger partial charge is 0.352 e. The minimum absolute atomic E-state index is 0.283. The van der Waals surface area contributed by atoms with E-state index in [1.54, 1.807) is 12.4 Å². The van der Waals surface area contributed by atoms with Crippen LogP contribution in [0.2, 0.25) is 0 Å².